The van der Waals surface area contributed by atoms with Crippen molar-refractivity contribution < 1.29 is 27.4 Å². The number of morpholine rings is 1. The van der Waals surface area contributed by atoms with Gasteiger partial charge in [-0.25, -0.2) is 8.42 Å². The third-order valence-electron chi connectivity index (χ3n) is 4.60. The molecule has 9 heteroatoms. The third-order valence-corrected chi connectivity index (χ3v) is 6.50. The average Bonchev–Trinajstić information content (AvgIpc) is 2.75. The molecule has 1 N–H and O–H groups in total. The largest absolute Gasteiger partial charge is 0.493 e. The molecule has 0 saturated carbocycles. The molecule has 1 fully saturated rings. The first-order valence-electron chi connectivity index (χ1n) is 10.2. The van der Waals surface area contributed by atoms with Crippen LogP contribution in [-0.4, -0.2) is 57.6 Å². The fourth-order valence-electron chi connectivity index (χ4n) is 3.19. The molecular weight excluding hydrogens is 420 g/mol. The highest BCUT2D eigenvalue weighted by Gasteiger charge is 2.27. The van der Waals surface area contributed by atoms with Crippen LogP contribution < -0.4 is 14.8 Å². The fourth-order valence-corrected chi connectivity index (χ4v) is 4.62. The van der Waals surface area contributed by atoms with Gasteiger partial charge in [-0.05, 0) is 51.1 Å². The maximum atomic E-state index is 13.1. The zero-order valence-corrected chi connectivity index (χ0v) is 18.8. The number of benzene rings is 2. The molecule has 0 radical (unpaired) electrons. The van der Waals surface area contributed by atoms with E-state index in [-0.39, 0.29) is 29.8 Å². The number of nitrogens with one attached hydrogen (secondary N) is 1. The zero-order valence-electron chi connectivity index (χ0n) is 18.0. The van der Waals surface area contributed by atoms with Crippen LogP contribution in [0.3, 0.4) is 0 Å². The Hall–Kier alpha value is -2.62. The smallest absolute Gasteiger partial charge is 0.259 e. The van der Waals surface area contributed by atoms with E-state index in [4.69, 9.17) is 14.2 Å². The third kappa shape index (κ3) is 5.55. The van der Waals surface area contributed by atoms with E-state index >= 15 is 0 Å². The Labute approximate surface area is 183 Å². The number of rotatable bonds is 8. The van der Waals surface area contributed by atoms with Crippen molar-refractivity contribution in [3.05, 3.63) is 48.0 Å². The van der Waals surface area contributed by atoms with Gasteiger partial charge in [-0.15, -0.1) is 0 Å². The molecule has 1 aliphatic heterocycles. The highest BCUT2D eigenvalue weighted by Crippen LogP contribution is 2.31. The number of sulfonamides is 1. The van der Waals surface area contributed by atoms with E-state index in [1.807, 2.05) is 20.8 Å². The van der Waals surface area contributed by atoms with Crippen molar-refractivity contribution in [1.82, 2.24) is 4.31 Å². The fraction of sp³-hybridized carbons (Fsp3) is 0.409. The molecule has 31 heavy (non-hydrogen) atoms. The number of hydrogen-bond donors (Lipinski definition) is 1. The number of carbonyl (C=O) groups is 1. The van der Waals surface area contributed by atoms with E-state index in [1.54, 1.807) is 30.3 Å². The van der Waals surface area contributed by atoms with Gasteiger partial charge in [-0.1, -0.05) is 12.1 Å². The summed E-state index contributed by atoms with van der Waals surface area (Å²) in [6, 6.07) is 11.4. The van der Waals surface area contributed by atoms with Crippen molar-refractivity contribution >= 4 is 21.6 Å². The van der Waals surface area contributed by atoms with Crippen molar-refractivity contribution in [1.29, 1.82) is 0 Å². The molecule has 1 aliphatic rings. The molecule has 1 amide bonds. The summed E-state index contributed by atoms with van der Waals surface area (Å²) in [5.74, 6) is 0.419. The maximum Gasteiger partial charge on any atom is 0.259 e. The van der Waals surface area contributed by atoms with Crippen molar-refractivity contribution in [2.45, 2.75) is 31.8 Å². The second-order valence-electron chi connectivity index (χ2n) is 7.22. The van der Waals surface area contributed by atoms with Gasteiger partial charge in [-0.2, -0.15) is 4.31 Å². The molecule has 3 rings (SSSR count). The van der Waals surface area contributed by atoms with Crippen LogP contribution >= 0.6 is 0 Å². The van der Waals surface area contributed by atoms with Gasteiger partial charge in [0.15, 0.2) is 0 Å². The van der Waals surface area contributed by atoms with Crippen LogP contribution in [0.5, 0.6) is 11.5 Å². The number of carbonyl (C=O) groups excluding carboxylic acids is 1. The Kier molecular flexibility index (Phi) is 7.53. The summed E-state index contributed by atoms with van der Waals surface area (Å²) in [7, 11) is -3.73. The first kappa shape index (κ1) is 23.1. The van der Waals surface area contributed by atoms with Gasteiger partial charge < -0.3 is 19.5 Å². The lowest BCUT2D eigenvalue weighted by Gasteiger charge is -2.26. The Morgan fingerprint density at radius 3 is 2.52 bits per heavy atom. The van der Waals surface area contributed by atoms with E-state index in [9.17, 15) is 13.2 Å². The minimum absolute atomic E-state index is 0.0823. The van der Waals surface area contributed by atoms with Crippen LogP contribution in [0.2, 0.25) is 0 Å². The first-order valence-corrected chi connectivity index (χ1v) is 11.7. The summed E-state index contributed by atoms with van der Waals surface area (Å²) in [5.41, 5.74) is 0.626. The lowest BCUT2D eigenvalue weighted by molar-refractivity contribution is 0.0730. The second kappa shape index (κ2) is 10.1. The first-order chi connectivity index (χ1) is 14.8. The number of anilines is 1. The summed E-state index contributed by atoms with van der Waals surface area (Å²) < 4.78 is 44.1. The van der Waals surface area contributed by atoms with Crippen LogP contribution in [0.15, 0.2) is 47.4 Å². The van der Waals surface area contributed by atoms with E-state index in [0.29, 0.717) is 36.9 Å². The lowest BCUT2D eigenvalue weighted by Crippen LogP contribution is -2.40. The number of nitrogens with zero attached hydrogens (tertiary/aromatic N) is 1. The van der Waals surface area contributed by atoms with Crippen LogP contribution in [0.4, 0.5) is 5.69 Å². The summed E-state index contributed by atoms with van der Waals surface area (Å²) in [4.78, 5) is 13.1. The molecule has 0 aromatic heterocycles. The van der Waals surface area contributed by atoms with Gasteiger partial charge in [0.05, 0.1) is 42.1 Å². The predicted octanol–water partition coefficient (Wildman–Crippen LogP) is 3.15. The van der Waals surface area contributed by atoms with E-state index in [0.717, 1.165) is 0 Å². The number of amides is 1. The van der Waals surface area contributed by atoms with Crippen LogP contribution in [0, 0.1) is 0 Å². The lowest BCUT2D eigenvalue weighted by atomic mass is 10.1. The minimum atomic E-state index is -3.73. The molecule has 0 unspecified atom stereocenters. The summed E-state index contributed by atoms with van der Waals surface area (Å²) >= 11 is 0. The topological polar surface area (TPSA) is 94.2 Å². The van der Waals surface area contributed by atoms with Gasteiger partial charge in [0, 0.05) is 13.1 Å². The zero-order chi connectivity index (χ0) is 22.4. The Morgan fingerprint density at radius 1 is 1.13 bits per heavy atom. The predicted molar refractivity (Wildman–Crippen MR) is 117 cm³/mol. The molecule has 0 spiro atoms. The number of ether oxygens (including phenoxy) is 3. The molecule has 0 bridgehead atoms. The van der Waals surface area contributed by atoms with Crippen molar-refractivity contribution in [3.8, 4) is 11.5 Å². The molecule has 0 atom stereocenters. The Morgan fingerprint density at radius 2 is 1.84 bits per heavy atom. The molecule has 1 heterocycles. The van der Waals surface area contributed by atoms with Crippen LogP contribution in [0.1, 0.15) is 31.1 Å². The van der Waals surface area contributed by atoms with Crippen molar-refractivity contribution in [3.63, 3.8) is 0 Å². The van der Waals surface area contributed by atoms with E-state index in [2.05, 4.69) is 5.32 Å². The van der Waals surface area contributed by atoms with Crippen LogP contribution in [-0.2, 0) is 14.8 Å². The monoisotopic (exact) mass is 448 g/mol. The van der Waals surface area contributed by atoms with Gasteiger partial charge in [-0.3, -0.25) is 4.79 Å². The van der Waals surface area contributed by atoms with Crippen LogP contribution in [0.25, 0.3) is 0 Å². The summed E-state index contributed by atoms with van der Waals surface area (Å²) in [6.07, 6.45) is -0.159. The van der Waals surface area contributed by atoms with Gasteiger partial charge in [0.2, 0.25) is 10.0 Å². The van der Waals surface area contributed by atoms with Crippen molar-refractivity contribution in [2.24, 2.45) is 0 Å². The van der Waals surface area contributed by atoms with E-state index < -0.39 is 15.9 Å². The van der Waals surface area contributed by atoms with Gasteiger partial charge in [0.1, 0.15) is 11.5 Å². The quantitative estimate of drug-likeness (QED) is 0.667. The molecule has 8 nitrogen and oxygen atoms in total. The summed E-state index contributed by atoms with van der Waals surface area (Å²) in [6.45, 7) is 7.24. The molecule has 2 aromatic carbocycles. The molecule has 0 aliphatic carbocycles. The van der Waals surface area contributed by atoms with Crippen molar-refractivity contribution in [2.75, 3.05) is 38.2 Å². The standard InChI is InChI=1S/C22H28N2O6S/c1-4-29-20-8-6-5-7-18(20)22(25)23-19-15-17(9-10-21(19)30-16(2)3)31(26,27)24-11-13-28-14-12-24/h5-10,15-16H,4,11-14H2,1-3H3,(H,23,25). The second-order valence-corrected chi connectivity index (χ2v) is 9.16. The highest BCUT2D eigenvalue weighted by atomic mass is 32.2. The molecule has 2 aromatic rings. The average molecular weight is 449 g/mol. The maximum absolute atomic E-state index is 13.1. The summed E-state index contributed by atoms with van der Waals surface area (Å²) in [5, 5.41) is 2.79. The SMILES string of the molecule is CCOc1ccccc1C(=O)Nc1cc(S(=O)(=O)N2CCOCC2)ccc1OC(C)C. The Balaban J connectivity index is 1.95. The van der Waals surface area contributed by atoms with E-state index in [1.165, 1.54) is 16.4 Å². The number of hydrogen-bond acceptors (Lipinski definition) is 6. The molecule has 1 saturated heterocycles. The highest BCUT2D eigenvalue weighted by molar-refractivity contribution is 7.89. The Bertz CT molecular complexity index is 1020. The number of para-hydroxylation sites is 1. The minimum Gasteiger partial charge on any atom is -0.493 e. The van der Waals surface area contributed by atoms with Gasteiger partial charge in [0.25, 0.3) is 5.91 Å². The van der Waals surface area contributed by atoms with Gasteiger partial charge >= 0.3 is 0 Å². The molecular formula is C22H28N2O6S. The molecule has 168 valence electrons. The normalized spacial score (nSPS) is 15.0.